The summed E-state index contributed by atoms with van der Waals surface area (Å²) in [7, 11) is -1.53. The first-order valence-electron chi connectivity index (χ1n) is 15.0. The molecule has 218 valence electrons. The van der Waals surface area contributed by atoms with Gasteiger partial charge in [-0.05, 0) is 90.8 Å². The van der Waals surface area contributed by atoms with Gasteiger partial charge in [0.25, 0.3) is 0 Å². The number of carbonyl (C=O) groups is 1. The van der Waals surface area contributed by atoms with Crippen LogP contribution in [0.1, 0.15) is 52.7 Å². The van der Waals surface area contributed by atoms with E-state index < -0.39 is 7.26 Å². The van der Waals surface area contributed by atoms with Crippen LogP contribution in [0.2, 0.25) is 0 Å². The van der Waals surface area contributed by atoms with E-state index in [1.54, 1.807) is 0 Å². The molecule has 0 amide bonds. The van der Waals surface area contributed by atoms with Crippen LogP contribution < -0.4 is 39.9 Å². The first kappa shape index (κ1) is 32.6. The molecular weight excluding hydrogens is 654 g/mol. The molecule has 0 N–H and O–H groups in total. The van der Waals surface area contributed by atoms with Gasteiger partial charge in [-0.3, -0.25) is 4.79 Å². The molecular formula is C40H40IOP. The lowest BCUT2D eigenvalue weighted by Crippen LogP contribution is -3.00. The maximum atomic E-state index is 11.3. The van der Waals surface area contributed by atoms with Gasteiger partial charge < -0.3 is 24.0 Å². The average Bonchev–Trinajstić information content (AvgIpc) is 3.07. The van der Waals surface area contributed by atoms with Gasteiger partial charge in [-0.25, -0.2) is 0 Å². The minimum Gasteiger partial charge on any atom is -1.00 e. The molecule has 2 aliphatic carbocycles. The van der Waals surface area contributed by atoms with Crippen LogP contribution >= 0.6 is 7.26 Å². The van der Waals surface area contributed by atoms with E-state index in [-0.39, 0.29) is 24.0 Å². The third-order valence-corrected chi connectivity index (χ3v) is 12.3. The number of ketones is 1. The van der Waals surface area contributed by atoms with E-state index in [0.29, 0.717) is 5.78 Å². The molecule has 7 rings (SSSR count). The number of benzene rings is 5. The third kappa shape index (κ3) is 7.99. The zero-order valence-corrected chi connectivity index (χ0v) is 28.0. The molecule has 0 heterocycles. The topological polar surface area (TPSA) is 17.1 Å². The Labute approximate surface area is 275 Å². The highest BCUT2D eigenvalue weighted by Crippen LogP contribution is 2.51. The Kier molecular flexibility index (Phi) is 12.1. The number of rotatable bonds is 3. The lowest BCUT2D eigenvalue weighted by molar-refractivity contribution is -0.0000163. The molecule has 2 aliphatic rings. The standard InChI is InChI=1S/C19H18P.C11H12.C10H10O.HI/c1-20(17-11-5-2-6-12-17,18-13-7-3-8-14-18)19-15-9-4-10-16-19;1-9-5-4-7-10-6-2-3-8-11(9)10;11-10-7-3-5-8-4-1-2-6-9(8)10;/h2-16H,1H3;2-3,6,8H,1,4-5,7H2;1-2,4,6H,3,5,7H2;1H/q+1;;;/p-1. The molecule has 0 aliphatic heterocycles. The lowest BCUT2D eigenvalue weighted by atomic mass is 9.88. The summed E-state index contributed by atoms with van der Waals surface area (Å²) in [4.78, 5) is 11.3. The van der Waals surface area contributed by atoms with E-state index in [0.717, 1.165) is 24.8 Å². The van der Waals surface area contributed by atoms with Gasteiger partial charge in [-0.1, -0.05) is 110 Å². The first-order chi connectivity index (χ1) is 20.6. The summed E-state index contributed by atoms with van der Waals surface area (Å²) in [6.45, 7) is 6.47. The third-order valence-electron chi connectivity index (χ3n) is 8.31. The van der Waals surface area contributed by atoms with Crippen LogP contribution in [0.4, 0.5) is 0 Å². The minimum absolute atomic E-state index is 0. The summed E-state index contributed by atoms with van der Waals surface area (Å²) in [6, 6.07) is 49.1. The molecule has 0 bridgehead atoms. The lowest BCUT2D eigenvalue weighted by Gasteiger charge is -2.22. The van der Waals surface area contributed by atoms with Gasteiger partial charge in [0.05, 0.1) is 6.66 Å². The number of Topliss-reactive ketones (excluding diaryl/α,β-unsaturated/α-hetero) is 1. The second-order valence-electron chi connectivity index (χ2n) is 11.1. The highest BCUT2D eigenvalue weighted by atomic mass is 127. The number of allylic oxidation sites excluding steroid dienone is 1. The number of hydrogen-bond donors (Lipinski definition) is 0. The van der Waals surface area contributed by atoms with Crippen LogP contribution in [-0.4, -0.2) is 12.4 Å². The van der Waals surface area contributed by atoms with Crippen molar-refractivity contribution < 1.29 is 28.8 Å². The van der Waals surface area contributed by atoms with Crippen molar-refractivity contribution in [2.45, 2.75) is 38.5 Å². The molecule has 0 radical (unpaired) electrons. The van der Waals surface area contributed by atoms with Crippen LogP contribution in [0.3, 0.4) is 0 Å². The number of aryl methyl sites for hydroxylation is 2. The quantitative estimate of drug-likeness (QED) is 0.171. The molecule has 0 unspecified atom stereocenters. The van der Waals surface area contributed by atoms with Crippen molar-refractivity contribution in [2.75, 3.05) is 6.66 Å². The number of carbonyl (C=O) groups excluding carboxylic acids is 1. The summed E-state index contributed by atoms with van der Waals surface area (Å²) in [5, 5.41) is 4.28. The predicted octanol–water partition coefficient (Wildman–Crippen LogP) is 5.86. The van der Waals surface area contributed by atoms with Gasteiger partial charge in [0, 0.05) is 12.0 Å². The van der Waals surface area contributed by atoms with Crippen LogP contribution in [0.5, 0.6) is 0 Å². The smallest absolute Gasteiger partial charge is 0.163 e. The Morgan fingerprint density at radius 2 is 0.860 bits per heavy atom. The molecule has 0 spiro atoms. The maximum absolute atomic E-state index is 11.3. The second kappa shape index (κ2) is 15.9. The Bertz CT molecular complexity index is 1450. The van der Waals surface area contributed by atoms with Gasteiger partial charge in [-0.2, -0.15) is 0 Å². The monoisotopic (exact) mass is 694 g/mol. The van der Waals surface area contributed by atoms with Crippen molar-refractivity contribution in [2.24, 2.45) is 0 Å². The molecule has 3 heteroatoms. The molecule has 0 fully saturated rings. The molecule has 5 aromatic carbocycles. The summed E-state index contributed by atoms with van der Waals surface area (Å²) in [5.74, 6) is 0.312. The molecule has 43 heavy (non-hydrogen) atoms. The Morgan fingerprint density at radius 3 is 1.30 bits per heavy atom. The summed E-state index contributed by atoms with van der Waals surface area (Å²) in [5.41, 5.74) is 6.34. The fourth-order valence-corrected chi connectivity index (χ4v) is 9.12. The SMILES string of the molecule is C=C1CCCc2ccccc21.C[P+](c1ccccc1)(c1ccccc1)c1ccccc1.O=C1CCCc2ccccc21.[I-]. The highest BCUT2D eigenvalue weighted by Gasteiger charge is 2.39. The minimum atomic E-state index is -1.53. The molecule has 0 saturated heterocycles. The van der Waals surface area contributed by atoms with Gasteiger partial charge >= 0.3 is 0 Å². The van der Waals surface area contributed by atoms with Crippen molar-refractivity contribution in [3.63, 3.8) is 0 Å². The van der Waals surface area contributed by atoms with E-state index in [4.69, 9.17) is 0 Å². The first-order valence-corrected chi connectivity index (χ1v) is 17.2. The van der Waals surface area contributed by atoms with Crippen LogP contribution in [0, 0.1) is 0 Å². The number of halogens is 1. The van der Waals surface area contributed by atoms with Gasteiger partial charge in [0.2, 0.25) is 0 Å². The van der Waals surface area contributed by atoms with Crippen LogP contribution in [0.15, 0.2) is 146 Å². The van der Waals surface area contributed by atoms with Crippen molar-refractivity contribution in [1.29, 1.82) is 0 Å². The van der Waals surface area contributed by atoms with Crippen molar-refractivity contribution in [1.82, 2.24) is 0 Å². The van der Waals surface area contributed by atoms with Crippen molar-refractivity contribution in [3.05, 3.63) is 168 Å². The molecule has 5 aromatic rings. The van der Waals surface area contributed by atoms with E-state index in [2.05, 4.69) is 129 Å². The Morgan fingerprint density at radius 1 is 0.488 bits per heavy atom. The number of fused-ring (bicyclic) bond motifs is 2. The summed E-state index contributed by atoms with van der Waals surface area (Å²) >= 11 is 0. The predicted molar refractivity (Wildman–Crippen MR) is 183 cm³/mol. The van der Waals surface area contributed by atoms with Gasteiger partial charge in [0.15, 0.2) is 5.78 Å². The highest BCUT2D eigenvalue weighted by molar-refractivity contribution is 7.95. The average molecular weight is 695 g/mol. The fourth-order valence-electron chi connectivity index (χ4n) is 5.92. The largest absolute Gasteiger partial charge is 1.00 e. The zero-order valence-electron chi connectivity index (χ0n) is 25.0. The molecule has 1 nitrogen and oxygen atoms in total. The molecule has 0 aromatic heterocycles. The van der Waals surface area contributed by atoms with Crippen LogP contribution in [-0.2, 0) is 12.8 Å². The van der Waals surface area contributed by atoms with E-state index in [9.17, 15) is 4.79 Å². The van der Waals surface area contributed by atoms with E-state index in [1.807, 2.05) is 24.3 Å². The maximum Gasteiger partial charge on any atom is 0.163 e. The van der Waals surface area contributed by atoms with E-state index in [1.165, 1.54) is 57.4 Å². The normalized spacial score (nSPS) is 13.5. The Hall–Kier alpha value is -3.33. The Balaban J connectivity index is 0.000000157. The summed E-state index contributed by atoms with van der Waals surface area (Å²) in [6.07, 6.45) is 6.51. The fraction of sp³-hybridized carbons (Fsp3) is 0.175. The second-order valence-corrected chi connectivity index (χ2v) is 14.6. The van der Waals surface area contributed by atoms with Crippen molar-refractivity contribution >= 4 is 34.5 Å². The van der Waals surface area contributed by atoms with Crippen LogP contribution in [0.25, 0.3) is 5.57 Å². The van der Waals surface area contributed by atoms with Gasteiger partial charge in [-0.15, -0.1) is 0 Å². The van der Waals surface area contributed by atoms with Gasteiger partial charge in [0.1, 0.15) is 23.2 Å². The molecule has 0 atom stereocenters. The number of hydrogen-bond acceptors (Lipinski definition) is 1. The zero-order chi connectivity index (χ0) is 29.2. The molecule has 0 saturated carbocycles. The summed E-state index contributed by atoms with van der Waals surface area (Å²) < 4.78 is 0. The van der Waals surface area contributed by atoms with Crippen molar-refractivity contribution in [3.8, 4) is 0 Å². The van der Waals surface area contributed by atoms with E-state index >= 15 is 0 Å².